The predicted molar refractivity (Wildman–Crippen MR) is 54.6 cm³/mol. The van der Waals surface area contributed by atoms with E-state index in [1.165, 1.54) is 4.90 Å². The van der Waals surface area contributed by atoms with E-state index in [2.05, 4.69) is 9.97 Å². The maximum Gasteiger partial charge on any atom is 0.433 e. The molecule has 18 heavy (non-hydrogen) atoms. The molecule has 0 spiro atoms. The molecule has 0 saturated carbocycles. The molecule has 0 radical (unpaired) electrons. The molecule has 1 aromatic heterocycles. The normalized spacial score (nSPS) is 20.6. The minimum atomic E-state index is -4.50. The summed E-state index contributed by atoms with van der Waals surface area (Å²) in [6, 6.07) is 2.72. The van der Waals surface area contributed by atoms with Crippen LogP contribution in [0.3, 0.4) is 0 Å². The van der Waals surface area contributed by atoms with Crippen molar-refractivity contribution in [1.82, 2.24) is 9.97 Å². The molecule has 0 amide bonds. The minimum absolute atomic E-state index is 0.0339. The van der Waals surface area contributed by atoms with E-state index in [-0.39, 0.29) is 19.1 Å². The van der Waals surface area contributed by atoms with E-state index in [1.807, 2.05) is 6.07 Å². The number of rotatable bonds is 1. The average Bonchev–Trinajstić information content (AvgIpc) is 2.38. The Morgan fingerprint density at radius 3 is 2.94 bits per heavy atom. The molecule has 1 aliphatic rings. The summed E-state index contributed by atoms with van der Waals surface area (Å²) in [5.74, 6) is -0.0339. The van der Waals surface area contributed by atoms with Crippen molar-refractivity contribution in [3.05, 3.63) is 18.0 Å². The van der Waals surface area contributed by atoms with Gasteiger partial charge in [0, 0.05) is 12.7 Å². The van der Waals surface area contributed by atoms with Gasteiger partial charge in [-0.2, -0.15) is 18.4 Å². The van der Waals surface area contributed by atoms with Crippen molar-refractivity contribution < 1.29 is 17.9 Å². The van der Waals surface area contributed by atoms with Crippen molar-refractivity contribution in [3.63, 3.8) is 0 Å². The lowest BCUT2D eigenvalue weighted by molar-refractivity contribution is -0.141. The first-order chi connectivity index (χ1) is 8.50. The quantitative estimate of drug-likeness (QED) is 0.758. The summed E-state index contributed by atoms with van der Waals surface area (Å²) in [5, 5.41) is 8.72. The number of anilines is 1. The largest absolute Gasteiger partial charge is 0.433 e. The Labute approximate surface area is 101 Å². The molecule has 5 nitrogen and oxygen atoms in total. The summed E-state index contributed by atoms with van der Waals surface area (Å²) in [6.07, 6.45) is -4.11. The van der Waals surface area contributed by atoms with Crippen molar-refractivity contribution in [2.45, 2.75) is 12.3 Å². The molecule has 1 aromatic rings. The minimum Gasteiger partial charge on any atom is -0.360 e. The molecule has 1 aliphatic heterocycles. The zero-order valence-corrected chi connectivity index (χ0v) is 9.18. The third-order valence-electron chi connectivity index (χ3n) is 2.43. The van der Waals surface area contributed by atoms with Crippen LogP contribution in [0.25, 0.3) is 0 Å². The predicted octanol–water partition coefficient (Wildman–Crippen LogP) is 1.22. The molecular weight excluding hydrogens is 249 g/mol. The Hall–Kier alpha value is -1.88. The zero-order valence-electron chi connectivity index (χ0n) is 9.18. The van der Waals surface area contributed by atoms with Crippen molar-refractivity contribution in [3.8, 4) is 6.07 Å². The second-order valence-corrected chi connectivity index (χ2v) is 3.67. The van der Waals surface area contributed by atoms with Crippen molar-refractivity contribution in [2.75, 3.05) is 24.6 Å². The molecule has 1 unspecified atom stereocenters. The lowest BCUT2D eigenvalue weighted by Gasteiger charge is -2.29. The van der Waals surface area contributed by atoms with Crippen LogP contribution in [0.4, 0.5) is 19.1 Å². The van der Waals surface area contributed by atoms with Crippen molar-refractivity contribution in [1.29, 1.82) is 5.26 Å². The fourth-order valence-electron chi connectivity index (χ4n) is 1.57. The highest BCUT2D eigenvalue weighted by atomic mass is 19.4. The number of nitrogens with zero attached hydrogens (tertiary/aromatic N) is 4. The molecule has 0 aliphatic carbocycles. The number of hydrogen-bond acceptors (Lipinski definition) is 5. The maximum atomic E-state index is 12.5. The van der Waals surface area contributed by atoms with Gasteiger partial charge in [0.15, 0.2) is 6.10 Å². The number of aromatic nitrogens is 2. The molecule has 8 heteroatoms. The summed E-state index contributed by atoms with van der Waals surface area (Å²) in [4.78, 5) is 8.76. The molecular formula is C10H9F3N4O. The summed E-state index contributed by atoms with van der Waals surface area (Å²) in [5.41, 5.74) is -0.993. The Kier molecular flexibility index (Phi) is 3.34. The van der Waals surface area contributed by atoms with E-state index in [0.717, 1.165) is 12.3 Å². The van der Waals surface area contributed by atoms with Crippen molar-refractivity contribution in [2.24, 2.45) is 0 Å². The van der Waals surface area contributed by atoms with Gasteiger partial charge in [0.05, 0.1) is 19.2 Å². The first-order valence-corrected chi connectivity index (χ1v) is 5.17. The lowest BCUT2D eigenvalue weighted by Crippen LogP contribution is -2.42. The van der Waals surface area contributed by atoms with Crippen LogP contribution in [0.15, 0.2) is 12.3 Å². The van der Waals surface area contributed by atoms with Crippen LogP contribution in [0.2, 0.25) is 0 Å². The topological polar surface area (TPSA) is 62.0 Å². The van der Waals surface area contributed by atoms with Crippen LogP contribution in [-0.2, 0) is 10.9 Å². The van der Waals surface area contributed by atoms with Gasteiger partial charge in [-0.15, -0.1) is 0 Å². The molecule has 2 rings (SSSR count). The van der Waals surface area contributed by atoms with E-state index in [0.29, 0.717) is 6.54 Å². The smallest absolute Gasteiger partial charge is 0.360 e. The van der Waals surface area contributed by atoms with E-state index in [9.17, 15) is 13.2 Å². The van der Waals surface area contributed by atoms with Gasteiger partial charge in [-0.3, -0.25) is 0 Å². The molecule has 1 fully saturated rings. The number of hydrogen-bond donors (Lipinski definition) is 0. The van der Waals surface area contributed by atoms with Gasteiger partial charge in [-0.1, -0.05) is 0 Å². The summed E-state index contributed by atoms with van der Waals surface area (Å²) < 4.78 is 42.6. The Morgan fingerprint density at radius 1 is 1.50 bits per heavy atom. The number of nitriles is 1. The first-order valence-electron chi connectivity index (χ1n) is 5.17. The fraction of sp³-hybridized carbons (Fsp3) is 0.500. The van der Waals surface area contributed by atoms with Crippen LogP contribution in [-0.4, -0.2) is 35.8 Å². The van der Waals surface area contributed by atoms with E-state index >= 15 is 0 Å². The highest BCUT2D eigenvalue weighted by molar-refractivity contribution is 5.32. The Morgan fingerprint density at radius 2 is 2.28 bits per heavy atom. The van der Waals surface area contributed by atoms with Gasteiger partial charge in [0.1, 0.15) is 5.69 Å². The Balaban J connectivity index is 2.21. The summed E-state index contributed by atoms with van der Waals surface area (Å²) in [6.45, 7) is 0.787. The van der Waals surface area contributed by atoms with Crippen molar-refractivity contribution >= 4 is 5.95 Å². The van der Waals surface area contributed by atoms with E-state index in [1.54, 1.807) is 0 Å². The van der Waals surface area contributed by atoms with Gasteiger partial charge in [-0.25, -0.2) is 9.97 Å². The number of alkyl halides is 3. The second-order valence-electron chi connectivity index (χ2n) is 3.67. The molecule has 0 N–H and O–H groups in total. The third-order valence-corrected chi connectivity index (χ3v) is 2.43. The lowest BCUT2D eigenvalue weighted by atomic mass is 10.3. The standard InChI is InChI=1S/C10H9F3N4O/c11-10(12,13)8-1-2-15-9(16-8)17-3-4-18-7(5-14)6-17/h1-2,7H,3-4,6H2. The summed E-state index contributed by atoms with van der Waals surface area (Å²) in [7, 11) is 0. The molecule has 96 valence electrons. The number of morpholine rings is 1. The molecule has 2 heterocycles. The molecule has 0 aromatic carbocycles. The second kappa shape index (κ2) is 4.78. The van der Waals surface area contributed by atoms with Crippen LogP contribution in [0.5, 0.6) is 0 Å². The van der Waals surface area contributed by atoms with E-state index < -0.39 is 18.0 Å². The van der Waals surface area contributed by atoms with Gasteiger partial charge >= 0.3 is 6.18 Å². The highest BCUT2D eigenvalue weighted by Gasteiger charge is 2.33. The highest BCUT2D eigenvalue weighted by Crippen LogP contribution is 2.28. The third kappa shape index (κ3) is 2.68. The molecule has 1 saturated heterocycles. The van der Waals surface area contributed by atoms with Crippen LogP contribution >= 0.6 is 0 Å². The maximum absolute atomic E-state index is 12.5. The van der Waals surface area contributed by atoms with Gasteiger partial charge < -0.3 is 9.64 Å². The van der Waals surface area contributed by atoms with Gasteiger partial charge in [-0.05, 0) is 6.07 Å². The van der Waals surface area contributed by atoms with Gasteiger partial charge in [0.2, 0.25) is 5.95 Å². The van der Waals surface area contributed by atoms with Crippen LogP contribution in [0, 0.1) is 11.3 Å². The fourth-order valence-corrected chi connectivity index (χ4v) is 1.57. The molecule has 0 bridgehead atoms. The van der Waals surface area contributed by atoms with Crippen LogP contribution < -0.4 is 4.90 Å². The number of ether oxygens (including phenoxy) is 1. The first kappa shape index (κ1) is 12.6. The monoisotopic (exact) mass is 258 g/mol. The summed E-state index contributed by atoms with van der Waals surface area (Å²) >= 11 is 0. The Bertz CT molecular complexity index is 471. The average molecular weight is 258 g/mol. The number of halogens is 3. The SMILES string of the molecule is N#CC1CN(c2nccc(C(F)(F)F)n2)CCO1. The van der Waals surface area contributed by atoms with E-state index in [4.69, 9.17) is 10.00 Å². The zero-order chi connectivity index (χ0) is 13.2. The van der Waals surface area contributed by atoms with Crippen LogP contribution in [0.1, 0.15) is 5.69 Å². The van der Waals surface area contributed by atoms with Gasteiger partial charge in [0.25, 0.3) is 0 Å². The molecule has 1 atom stereocenters.